The standard InChI is InChI=1S/C33H28N2/c1-23-27(26-17-15-24(16-18-26)25-19-21-34-22-20-25)9-8-14-30(23)35-31-12-6-4-10-28(31)33(2,3)29-11-5-7-13-32(29)35/h4-22H,1-3H3. The van der Waals surface area contributed by atoms with Gasteiger partial charge < -0.3 is 4.90 Å². The van der Waals surface area contributed by atoms with Crippen molar-refractivity contribution in [3.63, 3.8) is 0 Å². The van der Waals surface area contributed by atoms with Crippen LogP contribution in [0.2, 0.25) is 0 Å². The van der Waals surface area contributed by atoms with Crippen molar-refractivity contribution in [3.05, 3.63) is 132 Å². The van der Waals surface area contributed by atoms with E-state index < -0.39 is 0 Å². The van der Waals surface area contributed by atoms with E-state index in [9.17, 15) is 0 Å². The van der Waals surface area contributed by atoms with E-state index in [1.54, 1.807) is 0 Å². The number of hydrogen-bond acceptors (Lipinski definition) is 2. The molecule has 2 heteroatoms. The van der Waals surface area contributed by atoms with Gasteiger partial charge in [-0.3, -0.25) is 4.98 Å². The number of hydrogen-bond donors (Lipinski definition) is 0. The second-order valence-corrected chi connectivity index (χ2v) is 9.76. The summed E-state index contributed by atoms with van der Waals surface area (Å²) in [6, 6.07) is 37.3. The first kappa shape index (κ1) is 21.4. The number of aromatic nitrogens is 1. The monoisotopic (exact) mass is 452 g/mol. The molecule has 0 aliphatic carbocycles. The zero-order valence-electron chi connectivity index (χ0n) is 20.4. The summed E-state index contributed by atoms with van der Waals surface area (Å²) in [7, 11) is 0. The molecule has 0 atom stereocenters. The van der Waals surface area contributed by atoms with Gasteiger partial charge in [0.1, 0.15) is 0 Å². The van der Waals surface area contributed by atoms with E-state index in [2.05, 4.69) is 122 Å². The molecule has 6 rings (SSSR count). The number of anilines is 3. The van der Waals surface area contributed by atoms with E-state index in [1.807, 2.05) is 24.5 Å². The van der Waals surface area contributed by atoms with E-state index in [-0.39, 0.29) is 5.41 Å². The van der Waals surface area contributed by atoms with Gasteiger partial charge in [-0.1, -0.05) is 86.6 Å². The van der Waals surface area contributed by atoms with Gasteiger partial charge in [0.15, 0.2) is 0 Å². The molecule has 5 aromatic rings. The Labute approximate surface area is 207 Å². The Kier molecular flexibility index (Phi) is 5.04. The highest BCUT2D eigenvalue weighted by molar-refractivity contribution is 5.89. The average molecular weight is 453 g/mol. The number of benzene rings is 4. The molecular weight excluding hydrogens is 424 g/mol. The van der Waals surface area contributed by atoms with Crippen LogP contribution in [0.3, 0.4) is 0 Å². The Bertz CT molecular complexity index is 1470. The second kappa shape index (κ2) is 8.25. The van der Waals surface area contributed by atoms with Crippen LogP contribution in [-0.4, -0.2) is 4.98 Å². The van der Waals surface area contributed by atoms with Gasteiger partial charge in [-0.05, 0) is 76.2 Å². The van der Waals surface area contributed by atoms with Crippen LogP contribution in [0.5, 0.6) is 0 Å². The molecule has 4 aromatic carbocycles. The lowest BCUT2D eigenvalue weighted by atomic mass is 9.73. The highest BCUT2D eigenvalue weighted by Gasteiger charge is 2.36. The molecule has 0 saturated carbocycles. The van der Waals surface area contributed by atoms with E-state index in [1.165, 1.54) is 56.0 Å². The van der Waals surface area contributed by atoms with Crippen LogP contribution in [0.1, 0.15) is 30.5 Å². The Hall–Kier alpha value is -4.17. The summed E-state index contributed by atoms with van der Waals surface area (Å²) in [6.07, 6.45) is 3.68. The van der Waals surface area contributed by atoms with Crippen molar-refractivity contribution in [2.45, 2.75) is 26.2 Å². The molecule has 2 nitrogen and oxygen atoms in total. The zero-order valence-corrected chi connectivity index (χ0v) is 20.4. The minimum absolute atomic E-state index is 0.0575. The molecule has 0 spiro atoms. The van der Waals surface area contributed by atoms with E-state index in [0.717, 1.165) is 0 Å². The molecule has 0 amide bonds. The summed E-state index contributed by atoms with van der Waals surface area (Å²) in [5, 5.41) is 0. The molecule has 1 aromatic heterocycles. The van der Waals surface area contributed by atoms with Crippen LogP contribution in [0.15, 0.2) is 116 Å². The van der Waals surface area contributed by atoms with Crippen molar-refractivity contribution < 1.29 is 0 Å². The van der Waals surface area contributed by atoms with Gasteiger partial charge in [0, 0.05) is 23.5 Å². The van der Waals surface area contributed by atoms with Crippen molar-refractivity contribution in [1.82, 2.24) is 4.98 Å². The smallest absolute Gasteiger partial charge is 0.0502 e. The van der Waals surface area contributed by atoms with Gasteiger partial charge in [-0.25, -0.2) is 0 Å². The summed E-state index contributed by atoms with van der Waals surface area (Å²) >= 11 is 0. The molecule has 0 fully saturated rings. The van der Waals surface area contributed by atoms with Crippen molar-refractivity contribution >= 4 is 17.1 Å². The average Bonchev–Trinajstić information content (AvgIpc) is 2.90. The van der Waals surface area contributed by atoms with Gasteiger partial charge in [0.25, 0.3) is 0 Å². The van der Waals surface area contributed by atoms with E-state index >= 15 is 0 Å². The Morgan fingerprint density at radius 1 is 0.543 bits per heavy atom. The minimum atomic E-state index is -0.0575. The minimum Gasteiger partial charge on any atom is -0.310 e. The summed E-state index contributed by atoms with van der Waals surface area (Å²) in [6.45, 7) is 6.90. The number of rotatable bonds is 3. The van der Waals surface area contributed by atoms with Crippen LogP contribution in [0.4, 0.5) is 17.1 Å². The van der Waals surface area contributed by atoms with Crippen molar-refractivity contribution in [2.24, 2.45) is 0 Å². The summed E-state index contributed by atoms with van der Waals surface area (Å²) < 4.78 is 0. The molecule has 1 aliphatic rings. The third-order valence-electron chi connectivity index (χ3n) is 7.39. The quantitative estimate of drug-likeness (QED) is 0.272. The van der Waals surface area contributed by atoms with Crippen LogP contribution < -0.4 is 4.90 Å². The molecule has 170 valence electrons. The first-order valence-corrected chi connectivity index (χ1v) is 12.2. The third kappa shape index (κ3) is 3.45. The van der Waals surface area contributed by atoms with Gasteiger partial charge in [0.2, 0.25) is 0 Å². The van der Waals surface area contributed by atoms with Crippen LogP contribution in [-0.2, 0) is 5.41 Å². The number of para-hydroxylation sites is 2. The Morgan fingerprint density at radius 3 is 1.69 bits per heavy atom. The Morgan fingerprint density at radius 2 is 1.06 bits per heavy atom. The number of nitrogens with zero attached hydrogens (tertiary/aromatic N) is 2. The normalized spacial score (nSPS) is 13.7. The van der Waals surface area contributed by atoms with Gasteiger partial charge >= 0.3 is 0 Å². The zero-order chi connectivity index (χ0) is 24.0. The fourth-order valence-electron chi connectivity index (χ4n) is 5.49. The highest BCUT2D eigenvalue weighted by atomic mass is 15.2. The van der Waals surface area contributed by atoms with Crippen LogP contribution in [0.25, 0.3) is 22.3 Å². The molecular formula is C33H28N2. The Balaban J connectivity index is 1.49. The van der Waals surface area contributed by atoms with Crippen molar-refractivity contribution in [3.8, 4) is 22.3 Å². The lowest BCUT2D eigenvalue weighted by molar-refractivity contribution is 0.632. The molecule has 0 bridgehead atoms. The maximum atomic E-state index is 4.14. The summed E-state index contributed by atoms with van der Waals surface area (Å²) in [5.74, 6) is 0. The predicted molar refractivity (Wildman–Crippen MR) is 147 cm³/mol. The fraction of sp³-hybridized carbons (Fsp3) is 0.121. The van der Waals surface area contributed by atoms with Crippen molar-refractivity contribution in [2.75, 3.05) is 4.90 Å². The maximum Gasteiger partial charge on any atom is 0.0502 e. The molecule has 0 radical (unpaired) electrons. The van der Waals surface area contributed by atoms with Gasteiger partial charge in [-0.2, -0.15) is 0 Å². The molecule has 35 heavy (non-hydrogen) atoms. The van der Waals surface area contributed by atoms with E-state index in [0.29, 0.717) is 0 Å². The lowest BCUT2D eigenvalue weighted by Gasteiger charge is -2.42. The van der Waals surface area contributed by atoms with Crippen LogP contribution >= 0.6 is 0 Å². The molecule has 2 heterocycles. The number of fused-ring (bicyclic) bond motifs is 2. The highest BCUT2D eigenvalue weighted by Crippen LogP contribution is 2.52. The topological polar surface area (TPSA) is 16.1 Å². The predicted octanol–water partition coefficient (Wildman–Crippen LogP) is 8.83. The molecule has 0 saturated heterocycles. The molecule has 0 unspecified atom stereocenters. The largest absolute Gasteiger partial charge is 0.310 e. The molecule has 0 N–H and O–H groups in total. The fourth-order valence-corrected chi connectivity index (χ4v) is 5.49. The SMILES string of the molecule is Cc1c(-c2ccc(-c3ccncc3)cc2)cccc1N1c2ccccc2C(C)(C)c2ccccc21. The summed E-state index contributed by atoms with van der Waals surface area (Å²) in [4.78, 5) is 6.58. The number of pyridine rings is 1. The molecule has 1 aliphatic heterocycles. The lowest BCUT2D eigenvalue weighted by Crippen LogP contribution is -2.30. The first-order chi connectivity index (χ1) is 17.1. The van der Waals surface area contributed by atoms with E-state index in [4.69, 9.17) is 0 Å². The maximum absolute atomic E-state index is 4.14. The third-order valence-corrected chi connectivity index (χ3v) is 7.39. The first-order valence-electron chi connectivity index (χ1n) is 12.2. The van der Waals surface area contributed by atoms with Gasteiger partial charge in [-0.15, -0.1) is 0 Å². The summed E-state index contributed by atoms with van der Waals surface area (Å²) in [5.41, 5.74) is 12.5. The van der Waals surface area contributed by atoms with Gasteiger partial charge in [0.05, 0.1) is 11.4 Å². The van der Waals surface area contributed by atoms with Crippen LogP contribution in [0, 0.1) is 6.92 Å². The second-order valence-electron chi connectivity index (χ2n) is 9.76. The van der Waals surface area contributed by atoms with Crippen molar-refractivity contribution in [1.29, 1.82) is 0 Å².